The highest BCUT2D eigenvalue weighted by atomic mass is 33.7. The zero-order valence-corrected chi connectivity index (χ0v) is 9.96. The Morgan fingerprint density at radius 1 is 0.667 bits per heavy atom. The highest BCUT2D eigenvalue weighted by Gasteiger charge is 1.97. The van der Waals surface area contributed by atoms with E-state index in [1.807, 2.05) is 41.2 Å². The molecule has 1 rings (SSSR count). The second-order valence-corrected chi connectivity index (χ2v) is 8.25. The van der Waals surface area contributed by atoms with E-state index in [-0.39, 0.29) is 0 Å². The van der Waals surface area contributed by atoms with Crippen molar-refractivity contribution in [1.29, 1.82) is 0 Å². The Hall–Kier alpha value is 1.32. The molecule has 0 radical (unpaired) electrons. The van der Waals surface area contributed by atoms with E-state index in [1.54, 1.807) is 0 Å². The molecule has 0 bridgehead atoms. The molecule has 0 atom stereocenters. The van der Waals surface area contributed by atoms with E-state index < -0.39 is 0 Å². The Bertz CT molecular complexity index is 60.5. The molecule has 12 heavy (non-hydrogen) atoms. The van der Waals surface area contributed by atoms with Gasteiger partial charge in [0, 0.05) is 11.5 Å². The van der Waals surface area contributed by atoms with Crippen molar-refractivity contribution < 1.29 is 9.47 Å². The monoisotopic (exact) mass is 244 g/mol. The molecule has 0 aromatic carbocycles. The molecular formula is C6H12O2S4. The van der Waals surface area contributed by atoms with E-state index in [1.165, 1.54) is 0 Å². The molecule has 0 saturated carbocycles. The third-order valence-corrected chi connectivity index (χ3v) is 7.51. The third-order valence-electron chi connectivity index (χ3n) is 1.12. The molecule has 2 nitrogen and oxygen atoms in total. The minimum atomic E-state index is 0.739. The summed E-state index contributed by atoms with van der Waals surface area (Å²) in [6.07, 6.45) is 0. The summed E-state index contributed by atoms with van der Waals surface area (Å²) in [7, 11) is 7.38. The van der Waals surface area contributed by atoms with E-state index in [0.29, 0.717) is 0 Å². The van der Waals surface area contributed by atoms with Gasteiger partial charge in [-0.05, 0) is 19.7 Å². The summed E-state index contributed by atoms with van der Waals surface area (Å²) in [5, 5.41) is 0. The van der Waals surface area contributed by atoms with Crippen LogP contribution in [0.2, 0.25) is 0 Å². The quantitative estimate of drug-likeness (QED) is 0.606. The smallest absolute Gasteiger partial charge is 0.0700 e. The summed E-state index contributed by atoms with van der Waals surface area (Å²) < 4.78 is 10.7. The molecule has 1 fully saturated rings. The molecule has 0 N–H and O–H groups in total. The topological polar surface area (TPSA) is 18.5 Å². The summed E-state index contributed by atoms with van der Waals surface area (Å²) in [5.74, 6) is 2.14. The Morgan fingerprint density at radius 3 is 1.67 bits per heavy atom. The summed E-state index contributed by atoms with van der Waals surface area (Å²) in [5.41, 5.74) is 0. The molecule has 0 aromatic rings. The summed E-state index contributed by atoms with van der Waals surface area (Å²) in [6, 6.07) is 0. The fraction of sp³-hybridized carbons (Fsp3) is 1.00. The number of hydrogen-bond donors (Lipinski definition) is 0. The van der Waals surface area contributed by atoms with Crippen molar-refractivity contribution >= 4 is 41.2 Å². The van der Waals surface area contributed by atoms with Crippen molar-refractivity contribution in [2.45, 2.75) is 0 Å². The molecule has 1 aliphatic heterocycles. The van der Waals surface area contributed by atoms with E-state index in [9.17, 15) is 0 Å². The predicted molar refractivity (Wildman–Crippen MR) is 61.7 cm³/mol. The van der Waals surface area contributed by atoms with Gasteiger partial charge in [0.1, 0.15) is 0 Å². The molecular weight excluding hydrogens is 232 g/mol. The molecule has 1 saturated heterocycles. The van der Waals surface area contributed by atoms with Gasteiger partial charge < -0.3 is 9.47 Å². The second-order valence-electron chi connectivity index (χ2n) is 2.00. The lowest BCUT2D eigenvalue weighted by molar-refractivity contribution is 0.0606. The minimum Gasteiger partial charge on any atom is -0.378 e. The van der Waals surface area contributed by atoms with Gasteiger partial charge in [0.2, 0.25) is 0 Å². The maximum atomic E-state index is 5.33. The zero-order valence-electron chi connectivity index (χ0n) is 6.69. The Kier molecular flexibility index (Phi) is 8.45. The highest BCUT2D eigenvalue weighted by molar-refractivity contribution is 9.26. The fourth-order valence-corrected chi connectivity index (χ4v) is 6.31. The van der Waals surface area contributed by atoms with Crippen molar-refractivity contribution in [3.05, 3.63) is 0 Å². The molecule has 0 aromatic heterocycles. The average Bonchev–Trinajstić information content (AvgIpc) is 2.05. The lowest BCUT2D eigenvalue weighted by atomic mass is 10.7. The van der Waals surface area contributed by atoms with Gasteiger partial charge in [-0.2, -0.15) is 0 Å². The zero-order chi connectivity index (χ0) is 8.49. The van der Waals surface area contributed by atoms with Crippen molar-refractivity contribution in [3.8, 4) is 0 Å². The molecule has 0 aliphatic carbocycles. The van der Waals surface area contributed by atoms with Crippen molar-refractivity contribution in [2.24, 2.45) is 0 Å². The second kappa shape index (κ2) is 8.90. The van der Waals surface area contributed by atoms with Gasteiger partial charge in [0.25, 0.3) is 0 Å². The Morgan fingerprint density at radius 2 is 1.17 bits per heavy atom. The van der Waals surface area contributed by atoms with Crippen LogP contribution in [0.4, 0.5) is 0 Å². The molecule has 6 heteroatoms. The Balaban J connectivity index is 2.00. The van der Waals surface area contributed by atoms with Crippen LogP contribution in [0.1, 0.15) is 0 Å². The van der Waals surface area contributed by atoms with E-state index in [0.717, 1.165) is 37.9 Å². The van der Waals surface area contributed by atoms with E-state index >= 15 is 0 Å². The lowest BCUT2D eigenvalue weighted by Gasteiger charge is -2.07. The van der Waals surface area contributed by atoms with Crippen molar-refractivity contribution in [2.75, 3.05) is 37.9 Å². The van der Waals surface area contributed by atoms with Gasteiger partial charge in [0.15, 0.2) is 0 Å². The largest absolute Gasteiger partial charge is 0.378 e. The van der Waals surface area contributed by atoms with Crippen LogP contribution in [0, 0.1) is 0 Å². The van der Waals surface area contributed by atoms with Crippen LogP contribution in [0.15, 0.2) is 0 Å². The first kappa shape index (κ1) is 11.4. The fourth-order valence-electron chi connectivity index (χ4n) is 0.615. The van der Waals surface area contributed by atoms with Crippen LogP contribution < -0.4 is 0 Å². The first-order chi connectivity index (χ1) is 6.00. The third kappa shape index (κ3) is 6.80. The van der Waals surface area contributed by atoms with E-state index in [4.69, 9.17) is 9.47 Å². The van der Waals surface area contributed by atoms with Crippen LogP contribution in [-0.4, -0.2) is 37.9 Å². The van der Waals surface area contributed by atoms with Gasteiger partial charge in [-0.1, -0.05) is 21.6 Å². The van der Waals surface area contributed by atoms with Crippen LogP contribution in [-0.2, 0) is 9.47 Å². The minimum absolute atomic E-state index is 0.739. The van der Waals surface area contributed by atoms with Crippen LogP contribution in [0.5, 0.6) is 0 Å². The molecule has 0 unspecified atom stereocenters. The van der Waals surface area contributed by atoms with Gasteiger partial charge in [-0.3, -0.25) is 0 Å². The molecule has 0 amide bonds. The summed E-state index contributed by atoms with van der Waals surface area (Å²) in [4.78, 5) is 0. The molecule has 1 heterocycles. The van der Waals surface area contributed by atoms with Gasteiger partial charge in [-0.15, -0.1) is 0 Å². The summed E-state index contributed by atoms with van der Waals surface area (Å²) in [6.45, 7) is 3.16. The summed E-state index contributed by atoms with van der Waals surface area (Å²) >= 11 is 0. The van der Waals surface area contributed by atoms with Crippen molar-refractivity contribution in [3.63, 3.8) is 0 Å². The normalized spacial score (nSPS) is 24.0. The Labute approximate surface area is 88.5 Å². The maximum absolute atomic E-state index is 5.33. The predicted octanol–water partition coefficient (Wildman–Crippen LogP) is 2.71. The standard InChI is InChI=1S/C6H12O2S4/c1-2-8-4-6-10-12-11-9-5-3-7-1/h1-6H2. The SMILES string of the molecule is C1COCCSSSSCCO1. The van der Waals surface area contributed by atoms with E-state index in [2.05, 4.69) is 0 Å². The maximum Gasteiger partial charge on any atom is 0.0700 e. The molecule has 72 valence electrons. The van der Waals surface area contributed by atoms with Crippen LogP contribution in [0.25, 0.3) is 0 Å². The number of ether oxygens (including phenoxy) is 2. The van der Waals surface area contributed by atoms with Crippen LogP contribution >= 0.6 is 41.2 Å². The number of rotatable bonds is 0. The average molecular weight is 244 g/mol. The molecule has 0 spiro atoms. The van der Waals surface area contributed by atoms with Gasteiger partial charge >= 0.3 is 0 Å². The first-order valence-corrected chi connectivity index (χ1v) is 8.89. The highest BCUT2D eigenvalue weighted by Crippen LogP contribution is 2.42. The van der Waals surface area contributed by atoms with Gasteiger partial charge in [0.05, 0.1) is 26.4 Å². The first-order valence-electron chi connectivity index (χ1n) is 3.73. The number of hydrogen-bond acceptors (Lipinski definition) is 6. The van der Waals surface area contributed by atoms with Crippen molar-refractivity contribution in [1.82, 2.24) is 0 Å². The van der Waals surface area contributed by atoms with Gasteiger partial charge in [-0.25, -0.2) is 0 Å². The van der Waals surface area contributed by atoms with Crippen LogP contribution in [0.3, 0.4) is 0 Å². The molecule has 1 aliphatic rings. The lowest BCUT2D eigenvalue weighted by Crippen LogP contribution is -2.07.